The molecule has 338 valence electrons. The predicted octanol–water partition coefficient (Wildman–Crippen LogP) is 10.7. The molecule has 0 bridgehead atoms. The molecule has 0 aromatic carbocycles. The summed E-state index contributed by atoms with van der Waals surface area (Å²) in [6.45, 7) is 2.50. The topological polar surface area (TPSA) is 192 Å². The molecule has 0 rings (SSSR count). The lowest BCUT2D eigenvalue weighted by Gasteiger charge is -2.20. The maximum atomic E-state index is 12.6. The van der Waals surface area contributed by atoms with E-state index in [1.54, 1.807) is 0 Å². The number of phosphoric ester groups is 1. The van der Waals surface area contributed by atoms with Crippen LogP contribution in [0.25, 0.3) is 0 Å². The zero-order valence-electron chi connectivity index (χ0n) is 36.2. The molecule has 2 unspecified atom stereocenters. The Morgan fingerprint density at radius 1 is 0.593 bits per heavy atom. The Morgan fingerprint density at radius 3 is 1.63 bits per heavy atom. The molecule has 0 fully saturated rings. The van der Waals surface area contributed by atoms with Gasteiger partial charge in [0.2, 0.25) is 0 Å². The van der Waals surface area contributed by atoms with Crippen LogP contribution in [0.3, 0.4) is 0 Å². The molecule has 4 atom stereocenters. The van der Waals surface area contributed by atoms with Gasteiger partial charge in [0.15, 0.2) is 6.10 Å². The Kier molecular flexibility index (Phi) is 38.2. The number of unbranched alkanes of at least 4 members (excludes halogenated alkanes) is 11. The highest BCUT2D eigenvalue weighted by molar-refractivity contribution is 7.47. The molecule has 0 aliphatic heterocycles. The van der Waals surface area contributed by atoms with Gasteiger partial charge in [0, 0.05) is 12.8 Å². The molecular weight excluding hydrogens is 773 g/mol. The van der Waals surface area contributed by atoms with E-state index in [0.29, 0.717) is 25.7 Å². The number of phosphoric acid groups is 1. The zero-order valence-corrected chi connectivity index (χ0v) is 37.1. The van der Waals surface area contributed by atoms with Gasteiger partial charge in [-0.15, -0.1) is 0 Å². The quantitative estimate of drug-likeness (QED) is 0.0198. The first-order chi connectivity index (χ1) is 28.5. The second-order valence-electron chi connectivity index (χ2n) is 14.7. The Bertz CT molecular complexity index is 1290. The van der Waals surface area contributed by atoms with Crippen molar-refractivity contribution in [3.05, 3.63) is 72.9 Å². The third kappa shape index (κ3) is 40.1. The zero-order chi connectivity index (χ0) is 43.7. The van der Waals surface area contributed by atoms with E-state index in [4.69, 9.17) is 24.8 Å². The van der Waals surface area contributed by atoms with Crippen LogP contribution in [0.2, 0.25) is 0 Å². The number of allylic oxidation sites excluding steroid dienone is 11. The van der Waals surface area contributed by atoms with Crippen LogP contribution in [0.1, 0.15) is 162 Å². The number of hydrogen-bond donors (Lipinski definition) is 4. The van der Waals surface area contributed by atoms with E-state index in [2.05, 4.69) is 73.1 Å². The Hall–Kier alpha value is -3.12. The maximum absolute atomic E-state index is 12.6. The highest BCUT2D eigenvalue weighted by atomic mass is 31.2. The number of carbonyl (C=O) groups is 3. The van der Waals surface area contributed by atoms with Crippen LogP contribution >= 0.6 is 7.82 Å². The summed E-state index contributed by atoms with van der Waals surface area (Å²) in [6.07, 6.45) is 44.6. The number of carboxylic acids is 1. The number of hydrogen-bond acceptors (Lipinski definition) is 10. The molecule has 0 aliphatic rings. The second-order valence-corrected chi connectivity index (χ2v) is 16.1. The van der Waals surface area contributed by atoms with Gasteiger partial charge in [0.1, 0.15) is 12.6 Å². The van der Waals surface area contributed by atoms with Gasteiger partial charge in [0.25, 0.3) is 0 Å². The summed E-state index contributed by atoms with van der Waals surface area (Å²) in [4.78, 5) is 46.0. The van der Waals surface area contributed by atoms with Gasteiger partial charge >= 0.3 is 25.7 Å². The van der Waals surface area contributed by atoms with Crippen molar-refractivity contribution in [1.29, 1.82) is 0 Å². The number of aliphatic carboxylic acids is 1. The number of aliphatic hydroxyl groups is 1. The van der Waals surface area contributed by atoms with Crippen molar-refractivity contribution in [1.82, 2.24) is 0 Å². The predicted molar refractivity (Wildman–Crippen MR) is 237 cm³/mol. The molecule has 13 heteroatoms. The lowest BCUT2D eigenvalue weighted by atomic mass is 10.1. The van der Waals surface area contributed by atoms with Gasteiger partial charge in [0.05, 0.1) is 19.3 Å². The van der Waals surface area contributed by atoms with Crippen LogP contribution in [0.15, 0.2) is 72.9 Å². The second kappa shape index (κ2) is 40.3. The molecule has 0 saturated carbocycles. The summed E-state index contributed by atoms with van der Waals surface area (Å²) in [5, 5.41) is 18.6. The number of ether oxygens (including phenoxy) is 2. The lowest BCUT2D eigenvalue weighted by Crippen LogP contribution is -2.34. The Morgan fingerprint density at radius 2 is 1.07 bits per heavy atom. The van der Waals surface area contributed by atoms with Gasteiger partial charge in [-0.1, -0.05) is 138 Å². The number of esters is 2. The fourth-order valence-corrected chi connectivity index (χ4v) is 6.29. The van der Waals surface area contributed by atoms with Crippen molar-refractivity contribution >= 4 is 25.7 Å². The average molecular weight is 852 g/mol. The maximum Gasteiger partial charge on any atom is 0.472 e. The number of aliphatic hydroxyl groups excluding tert-OH is 1. The SMILES string of the molecule is CCCCC/C=C\C/C=C\CCCCCCCCCC(=O)O[C@H](COC(=O)CCC/C=C\C/C=C\C/C=C\C/C=C\CC(O)CCC)COP(=O)(O)OC[C@H](N)C(=O)O. The van der Waals surface area contributed by atoms with Crippen molar-refractivity contribution in [3.8, 4) is 0 Å². The number of carbonyl (C=O) groups excluding carboxylic acids is 2. The summed E-state index contributed by atoms with van der Waals surface area (Å²) in [5.74, 6) is -2.49. The van der Waals surface area contributed by atoms with Crippen LogP contribution in [-0.2, 0) is 37.5 Å². The van der Waals surface area contributed by atoms with Gasteiger partial charge in [-0.25, -0.2) is 4.57 Å². The molecule has 0 saturated heterocycles. The molecule has 59 heavy (non-hydrogen) atoms. The summed E-state index contributed by atoms with van der Waals surface area (Å²) < 4.78 is 32.6. The summed E-state index contributed by atoms with van der Waals surface area (Å²) in [6, 6.07) is -1.54. The first-order valence-corrected chi connectivity index (χ1v) is 23.5. The smallest absolute Gasteiger partial charge is 0.472 e. The molecule has 12 nitrogen and oxygen atoms in total. The van der Waals surface area contributed by atoms with Crippen molar-refractivity contribution in [3.63, 3.8) is 0 Å². The molecule has 0 amide bonds. The number of rotatable bonds is 40. The highest BCUT2D eigenvalue weighted by Gasteiger charge is 2.28. The van der Waals surface area contributed by atoms with Gasteiger partial charge in [-0.05, 0) is 83.5 Å². The van der Waals surface area contributed by atoms with Crippen molar-refractivity contribution in [2.75, 3.05) is 19.8 Å². The molecule has 0 spiro atoms. The minimum atomic E-state index is -4.74. The number of nitrogens with two attached hydrogens (primary N) is 1. The van der Waals surface area contributed by atoms with E-state index in [9.17, 15) is 28.9 Å². The Balaban J connectivity index is 4.49. The van der Waals surface area contributed by atoms with E-state index in [1.807, 2.05) is 18.2 Å². The minimum absolute atomic E-state index is 0.126. The normalized spacial score (nSPS) is 14.9. The largest absolute Gasteiger partial charge is 0.480 e. The van der Waals surface area contributed by atoms with Gasteiger partial charge in [-0.2, -0.15) is 0 Å². The summed E-state index contributed by atoms with van der Waals surface area (Å²) in [5.41, 5.74) is 5.33. The van der Waals surface area contributed by atoms with Gasteiger partial charge < -0.3 is 30.3 Å². The standard InChI is InChI=1S/C46H78NO11P/c1-3-5-6-7-8-9-10-11-12-13-14-17-21-24-27-30-33-37-45(50)58-42(39-56-59(53,54)57-40-43(47)46(51)52)38-55-44(49)36-32-29-26-23-20-18-15-16-19-22-25-28-31-35-41(48)34-4-2/h8-9,11-12,15,18-19,22-23,26,28,31,41-43,48H,3-7,10,13-14,16-17,20-21,24-25,27,29-30,32-40,47H2,1-2H3,(H,51,52)(H,53,54)/b9-8-,12-11-,18-15-,22-19-,26-23-,31-28-/t41?,42-,43+/m1/s1. The van der Waals surface area contributed by atoms with Crippen molar-refractivity contribution in [2.24, 2.45) is 5.73 Å². The number of carboxylic acid groups (broad SMARTS) is 1. The molecular formula is C46H78NO11P. The van der Waals surface area contributed by atoms with Crippen LogP contribution < -0.4 is 5.73 Å². The molecule has 0 heterocycles. The lowest BCUT2D eigenvalue weighted by molar-refractivity contribution is -0.161. The molecule has 0 aromatic rings. The summed E-state index contributed by atoms with van der Waals surface area (Å²) >= 11 is 0. The third-order valence-electron chi connectivity index (χ3n) is 8.98. The van der Waals surface area contributed by atoms with E-state index in [0.717, 1.165) is 77.0 Å². The van der Waals surface area contributed by atoms with E-state index in [1.165, 1.54) is 32.1 Å². The first-order valence-electron chi connectivity index (χ1n) is 22.0. The Labute approximate surface area is 355 Å². The minimum Gasteiger partial charge on any atom is -0.480 e. The van der Waals surface area contributed by atoms with Gasteiger partial charge in [-0.3, -0.25) is 23.4 Å². The van der Waals surface area contributed by atoms with Crippen molar-refractivity contribution in [2.45, 2.75) is 180 Å². The molecule has 5 N–H and O–H groups in total. The van der Waals surface area contributed by atoms with E-state index in [-0.39, 0.29) is 18.9 Å². The monoisotopic (exact) mass is 852 g/mol. The van der Waals surface area contributed by atoms with E-state index >= 15 is 0 Å². The van der Waals surface area contributed by atoms with Crippen LogP contribution in [0.5, 0.6) is 0 Å². The van der Waals surface area contributed by atoms with Crippen molar-refractivity contribution < 1.29 is 52.6 Å². The molecule has 0 radical (unpaired) electrons. The summed E-state index contributed by atoms with van der Waals surface area (Å²) in [7, 11) is -4.74. The third-order valence-corrected chi connectivity index (χ3v) is 9.93. The molecule has 0 aromatic heterocycles. The average Bonchev–Trinajstić information content (AvgIpc) is 3.20. The molecule has 0 aliphatic carbocycles. The van der Waals surface area contributed by atoms with Crippen LogP contribution in [0.4, 0.5) is 0 Å². The first kappa shape index (κ1) is 55.9. The fraction of sp³-hybridized carbons (Fsp3) is 0.674. The van der Waals surface area contributed by atoms with Crippen LogP contribution in [0, 0.1) is 0 Å². The van der Waals surface area contributed by atoms with E-state index < -0.39 is 57.7 Å². The fourth-order valence-electron chi connectivity index (χ4n) is 5.51. The highest BCUT2D eigenvalue weighted by Crippen LogP contribution is 2.43. The van der Waals surface area contributed by atoms with Crippen LogP contribution in [-0.4, -0.2) is 71.1 Å².